The molecule has 1 aliphatic rings. The van der Waals surface area contributed by atoms with E-state index >= 15 is 0 Å². The molecule has 6 nitrogen and oxygen atoms in total. The summed E-state index contributed by atoms with van der Waals surface area (Å²) >= 11 is 0. The van der Waals surface area contributed by atoms with Crippen molar-refractivity contribution in [1.29, 1.82) is 0 Å². The normalized spacial score (nSPS) is 26.2. The van der Waals surface area contributed by atoms with E-state index in [1.54, 1.807) is 0 Å². The maximum Gasteiger partial charge on any atom is 0.323 e. The van der Waals surface area contributed by atoms with Crippen molar-refractivity contribution in [1.82, 2.24) is 15.5 Å². The molecule has 2 amide bonds. The molecular formula is C19H29N3O3. The van der Waals surface area contributed by atoms with Gasteiger partial charge in [-0.3, -0.25) is 9.69 Å². The van der Waals surface area contributed by atoms with E-state index < -0.39 is 12.0 Å². The zero-order chi connectivity index (χ0) is 18.5. The van der Waals surface area contributed by atoms with Crippen molar-refractivity contribution in [2.45, 2.75) is 38.1 Å². The minimum Gasteiger partial charge on any atom is -0.480 e. The number of amides is 2. The zero-order valence-electron chi connectivity index (χ0n) is 15.3. The summed E-state index contributed by atoms with van der Waals surface area (Å²) in [5.41, 5.74) is 1.40. The fourth-order valence-corrected chi connectivity index (χ4v) is 3.70. The molecule has 1 aliphatic carbocycles. The Morgan fingerprint density at radius 2 is 1.68 bits per heavy atom. The Hall–Kier alpha value is -2.08. The van der Waals surface area contributed by atoms with Crippen LogP contribution in [0.15, 0.2) is 30.3 Å². The van der Waals surface area contributed by atoms with Gasteiger partial charge in [0, 0.05) is 12.1 Å². The smallest absolute Gasteiger partial charge is 0.323 e. The van der Waals surface area contributed by atoms with Crippen LogP contribution in [0.3, 0.4) is 0 Å². The molecule has 0 spiro atoms. The van der Waals surface area contributed by atoms with Gasteiger partial charge in [0.05, 0.1) is 0 Å². The molecule has 0 bridgehead atoms. The molecule has 6 heteroatoms. The number of carbonyl (C=O) groups is 2. The van der Waals surface area contributed by atoms with Crippen molar-refractivity contribution in [2.24, 2.45) is 5.41 Å². The van der Waals surface area contributed by atoms with E-state index in [1.165, 1.54) is 5.56 Å². The highest BCUT2D eigenvalue weighted by atomic mass is 16.4. The van der Waals surface area contributed by atoms with E-state index in [-0.39, 0.29) is 17.5 Å². The van der Waals surface area contributed by atoms with Crippen molar-refractivity contribution in [3.63, 3.8) is 0 Å². The summed E-state index contributed by atoms with van der Waals surface area (Å²) in [5, 5.41) is 13.8. The molecule has 3 N–H and O–H groups in total. The Morgan fingerprint density at radius 1 is 1.08 bits per heavy atom. The van der Waals surface area contributed by atoms with Crippen LogP contribution in [0.1, 0.15) is 38.2 Å². The van der Waals surface area contributed by atoms with Crippen LogP contribution >= 0.6 is 0 Å². The highest BCUT2D eigenvalue weighted by Crippen LogP contribution is 2.47. The molecule has 1 aromatic rings. The topological polar surface area (TPSA) is 81.7 Å². The number of carbonyl (C=O) groups excluding carboxylic acids is 1. The van der Waals surface area contributed by atoms with E-state index in [4.69, 9.17) is 5.11 Å². The summed E-state index contributed by atoms with van der Waals surface area (Å²) in [6.07, 6.45) is 4.05. The summed E-state index contributed by atoms with van der Waals surface area (Å²) < 4.78 is 0. The molecule has 2 rings (SSSR count). The van der Waals surface area contributed by atoms with E-state index in [9.17, 15) is 9.59 Å². The van der Waals surface area contributed by atoms with E-state index in [0.29, 0.717) is 6.54 Å². The Labute approximate surface area is 149 Å². The van der Waals surface area contributed by atoms with Crippen molar-refractivity contribution < 1.29 is 14.7 Å². The number of carboxylic acids is 1. The first-order valence-corrected chi connectivity index (χ1v) is 8.74. The standard InChI is InChI=1S/C19H29N3O3/c1-18(14-21-17(25)20-13-16(23)24)9-11-19(12-10-18,22(2)3)15-7-5-4-6-8-15/h4-8H,9-14H2,1-3H3,(H,23,24)(H2,20,21,25). The van der Waals surface area contributed by atoms with Crippen molar-refractivity contribution in [3.8, 4) is 0 Å². The molecule has 25 heavy (non-hydrogen) atoms. The molecule has 0 radical (unpaired) electrons. The van der Waals surface area contributed by atoms with Gasteiger partial charge in [0.1, 0.15) is 6.54 Å². The zero-order valence-corrected chi connectivity index (χ0v) is 15.3. The molecule has 0 unspecified atom stereocenters. The molecule has 1 saturated carbocycles. The average molecular weight is 347 g/mol. The summed E-state index contributed by atoms with van der Waals surface area (Å²) in [7, 11) is 4.26. The largest absolute Gasteiger partial charge is 0.480 e. The second-order valence-corrected chi connectivity index (χ2v) is 7.53. The molecule has 0 heterocycles. The van der Waals surface area contributed by atoms with Gasteiger partial charge in [-0.1, -0.05) is 37.3 Å². The second kappa shape index (κ2) is 7.87. The van der Waals surface area contributed by atoms with Gasteiger partial charge >= 0.3 is 12.0 Å². The minimum absolute atomic E-state index is 0.0227. The number of urea groups is 1. The Bertz CT molecular complexity index is 593. The molecule has 1 aromatic carbocycles. The van der Waals surface area contributed by atoms with Crippen LogP contribution in [0.4, 0.5) is 4.79 Å². The van der Waals surface area contributed by atoms with E-state index in [0.717, 1.165) is 25.7 Å². The van der Waals surface area contributed by atoms with Gasteiger partial charge in [-0.25, -0.2) is 4.79 Å². The van der Waals surface area contributed by atoms with Gasteiger partial charge in [0.25, 0.3) is 0 Å². The lowest BCUT2D eigenvalue weighted by atomic mass is 9.65. The second-order valence-electron chi connectivity index (χ2n) is 7.53. The molecular weight excluding hydrogens is 318 g/mol. The molecule has 0 aliphatic heterocycles. The Kier molecular flexibility index (Phi) is 6.06. The lowest BCUT2D eigenvalue weighted by Crippen LogP contribution is -2.49. The van der Waals surface area contributed by atoms with Gasteiger partial charge < -0.3 is 15.7 Å². The summed E-state index contributed by atoms with van der Waals surface area (Å²) in [4.78, 5) is 24.5. The first-order chi connectivity index (χ1) is 11.8. The van der Waals surface area contributed by atoms with Crippen LogP contribution in [-0.4, -0.2) is 49.2 Å². The van der Waals surface area contributed by atoms with Gasteiger partial charge in [0.2, 0.25) is 0 Å². The van der Waals surface area contributed by atoms with Crippen LogP contribution in [0, 0.1) is 5.41 Å². The van der Waals surface area contributed by atoms with Crippen molar-refractivity contribution in [2.75, 3.05) is 27.2 Å². The molecule has 0 saturated heterocycles. The van der Waals surface area contributed by atoms with Crippen LogP contribution in [-0.2, 0) is 10.3 Å². The molecule has 0 atom stereocenters. The molecule has 1 fully saturated rings. The third-order valence-electron chi connectivity index (χ3n) is 5.53. The lowest BCUT2D eigenvalue weighted by molar-refractivity contribution is -0.135. The van der Waals surface area contributed by atoms with Crippen LogP contribution in [0.25, 0.3) is 0 Å². The number of carboxylic acid groups (broad SMARTS) is 1. The van der Waals surface area contributed by atoms with Crippen LogP contribution < -0.4 is 10.6 Å². The number of nitrogens with zero attached hydrogens (tertiary/aromatic N) is 1. The number of hydrogen-bond donors (Lipinski definition) is 3. The predicted octanol–water partition coefficient (Wildman–Crippen LogP) is 2.41. The van der Waals surface area contributed by atoms with Gasteiger partial charge in [-0.15, -0.1) is 0 Å². The van der Waals surface area contributed by atoms with E-state index in [2.05, 4.69) is 60.8 Å². The third kappa shape index (κ3) is 4.72. The number of hydrogen-bond acceptors (Lipinski definition) is 3. The predicted molar refractivity (Wildman–Crippen MR) is 97.4 cm³/mol. The van der Waals surface area contributed by atoms with E-state index in [1.807, 2.05) is 6.07 Å². The maximum absolute atomic E-state index is 11.7. The molecule has 138 valence electrons. The SMILES string of the molecule is CN(C)C1(c2ccccc2)CCC(C)(CNC(=O)NCC(=O)O)CC1. The van der Waals surface area contributed by atoms with Crippen molar-refractivity contribution in [3.05, 3.63) is 35.9 Å². The number of aliphatic carboxylic acids is 1. The molecule has 0 aromatic heterocycles. The Balaban J connectivity index is 1.96. The lowest BCUT2D eigenvalue weighted by Gasteiger charge is -2.49. The minimum atomic E-state index is -1.04. The fraction of sp³-hybridized carbons (Fsp3) is 0.579. The van der Waals surface area contributed by atoms with Crippen LogP contribution in [0.5, 0.6) is 0 Å². The summed E-state index contributed by atoms with van der Waals surface area (Å²) in [6.45, 7) is 2.38. The third-order valence-corrected chi connectivity index (χ3v) is 5.53. The van der Waals surface area contributed by atoms with Gasteiger partial charge in [-0.2, -0.15) is 0 Å². The number of benzene rings is 1. The number of nitrogens with one attached hydrogen (secondary N) is 2. The number of rotatable bonds is 6. The summed E-state index contributed by atoms with van der Waals surface area (Å²) in [6, 6.07) is 10.2. The quantitative estimate of drug-likeness (QED) is 0.738. The fourth-order valence-electron chi connectivity index (χ4n) is 3.70. The first-order valence-electron chi connectivity index (χ1n) is 8.74. The Morgan fingerprint density at radius 3 is 2.20 bits per heavy atom. The van der Waals surface area contributed by atoms with Crippen LogP contribution in [0.2, 0.25) is 0 Å². The monoisotopic (exact) mass is 347 g/mol. The van der Waals surface area contributed by atoms with Crippen molar-refractivity contribution >= 4 is 12.0 Å². The first kappa shape index (κ1) is 19.2. The highest BCUT2D eigenvalue weighted by Gasteiger charge is 2.42. The highest BCUT2D eigenvalue weighted by molar-refractivity contribution is 5.79. The summed E-state index contributed by atoms with van der Waals surface area (Å²) in [5.74, 6) is -1.04. The van der Waals surface area contributed by atoms with Gasteiger partial charge in [-0.05, 0) is 50.8 Å². The maximum atomic E-state index is 11.7. The average Bonchev–Trinajstić information content (AvgIpc) is 2.59. The van der Waals surface area contributed by atoms with Gasteiger partial charge in [0.15, 0.2) is 0 Å².